The normalized spacial score (nSPS) is 16.0. The highest BCUT2D eigenvalue weighted by Gasteiger charge is 2.30. The van der Waals surface area contributed by atoms with Crippen molar-refractivity contribution in [2.24, 2.45) is 5.92 Å². The predicted molar refractivity (Wildman–Crippen MR) is 88.9 cm³/mol. The highest BCUT2D eigenvalue weighted by molar-refractivity contribution is 5.76. The molecular formula is C18H26N2O3. The predicted octanol–water partition coefficient (Wildman–Crippen LogP) is 2.91. The molecule has 1 saturated heterocycles. The molecule has 1 fully saturated rings. The molecule has 5 heteroatoms. The number of hydrogen-bond donors (Lipinski definition) is 1. The molecule has 2 rings (SSSR count). The number of benzene rings is 1. The van der Waals surface area contributed by atoms with Gasteiger partial charge in [0.15, 0.2) is 0 Å². The number of likely N-dealkylation sites (tertiary alicyclic amines) is 1. The van der Waals surface area contributed by atoms with Crippen LogP contribution >= 0.6 is 0 Å². The number of ether oxygens (including phenoxy) is 1. The third kappa shape index (κ3) is 4.47. The van der Waals surface area contributed by atoms with Crippen molar-refractivity contribution in [1.29, 1.82) is 0 Å². The van der Waals surface area contributed by atoms with Crippen LogP contribution in [0, 0.1) is 5.92 Å². The average Bonchev–Trinajstić information content (AvgIpc) is 2.55. The third-order valence-electron chi connectivity index (χ3n) is 4.32. The fraction of sp³-hybridized carbons (Fsp3) is 0.556. The Balaban J connectivity index is 1.89. The molecule has 2 amide bonds. The van der Waals surface area contributed by atoms with E-state index in [0.29, 0.717) is 32.5 Å². The molecule has 1 aromatic carbocycles. The van der Waals surface area contributed by atoms with Gasteiger partial charge >= 0.3 is 12.0 Å². The summed E-state index contributed by atoms with van der Waals surface area (Å²) in [6.45, 7) is 7.37. The van der Waals surface area contributed by atoms with Gasteiger partial charge < -0.3 is 15.0 Å². The van der Waals surface area contributed by atoms with Crippen LogP contribution in [0.3, 0.4) is 0 Å². The second-order valence-electron chi connectivity index (χ2n) is 6.43. The molecule has 1 heterocycles. The van der Waals surface area contributed by atoms with E-state index >= 15 is 0 Å². The van der Waals surface area contributed by atoms with Crippen molar-refractivity contribution in [2.45, 2.75) is 39.2 Å². The molecular weight excluding hydrogens is 292 g/mol. The van der Waals surface area contributed by atoms with Crippen LogP contribution in [-0.4, -0.2) is 36.6 Å². The van der Waals surface area contributed by atoms with Crippen molar-refractivity contribution in [3.63, 3.8) is 0 Å². The lowest BCUT2D eigenvalue weighted by Crippen LogP contribution is -2.51. The minimum absolute atomic E-state index is 0.0823. The maximum Gasteiger partial charge on any atom is 0.318 e. The van der Waals surface area contributed by atoms with E-state index in [1.807, 2.05) is 51.1 Å². The molecule has 0 bridgehead atoms. The summed E-state index contributed by atoms with van der Waals surface area (Å²) in [4.78, 5) is 26.0. The van der Waals surface area contributed by atoms with Crippen LogP contribution in [-0.2, 0) is 15.1 Å². The van der Waals surface area contributed by atoms with Crippen molar-refractivity contribution >= 4 is 12.0 Å². The number of nitrogens with one attached hydrogen (secondary N) is 1. The molecule has 0 spiro atoms. The first-order valence-electron chi connectivity index (χ1n) is 8.23. The monoisotopic (exact) mass is 318 g/mol. The first-order valence-corrected chi connectivity index (χ1v) is 8.23. The van der Waals surface area contributed by atoms with Gasteiger partial charge in [0.2, 0.25) is 0 Å². The molecule has 1 aromatic rings. The van der Waals surface area contributed by atoms with E-state index in [1.54, 1.807) is 4.90 Å². The van der Waals surface area contributed by atoms with Crippen LogP contribution in [0.5, 0.6) is 0 Å². The fourth-order valence-electron chi connectivity index (χ4n) is 2.85. The quantitative estimate of drug-likeness (QED) is 0.868. The zero-order valence-corrected chi connectivity index (χ0v) is 14.2. The lowest BCUT2D eigenvalue weighted by atomic mass is 9.94. The molecule has 126 valence electrons. The topological polar surface area (TPSA) is 58.6 Å². The number of carbonyl (C=O) groups excluding carboxylic acids is 2. The lowest BCUT2D eigenvalue weighted by Gasteiger charge is -2.35. The smallest absolute Gasteiger partial charge is 0.318 e. The minimum atomic E-state index is -0.434. The summed E-state index contributed by atoms with van der Waals surface area (Å²) in [6.07, 6.45) is 1.33. The molecule has 23 heavy (non-hydrogen) atoms. The Kier molecular flexibility index (Phi) is 5.64. The molecule has 1 aliphatic rings. The van der Waals surface area contributed by atoms with Crippen LogP contribution in [0.4, 0.5) is 4.79 Å². The van der Waals surface area contributed by atoms with E-state index in [0.717, 1.165) is 5.56 Å². The second kappa shape index (κ2) is 7.49. The number of amides is 2. The summed E-state index contributed by atoms with van der Waals surface area (Å²) in [5.74, 6) is -0.224. The Morgan fingerprint density at radius 3 is 2.39 bits per heavy atom. The fourth-order valence-corrected chi connectivity index (χ4v) is 2.85. The van der Waals surface area contributed by atoms with Crippen LogP contribution in [0.2, 0.25) is 0 Å². The number of rotatable bonds is 4. The van der Waals surface area contributed by atoms with Crippen molar-refractivity contribution in [3.05, 3.63) is 35.9 Å². The van der Waals surface area contributed by atoms with Crippen LogP contribution < -0.4 is 5.32 Å². The second-order valence-corrected chi connectivity index (χ2v) is 6.43. The molecule has 1 aliphatic heterocycles. The van der Waals surface area contributed by atoms with Gasteiger partial charge in [0.1, 0.15) is 0 Å². The Labute approximate surface area is 138 Å². The summed E-state index contributed by atoms with van der Waals surface area (Å²) in [7, 11) is 0. The van der Waals surface area contributed by atoms with Gasteiger partial charge in [-0.15, -0.1) is 0 Å². The largest absolute Gasteiger partial charge is 0.466 e. The van der Waals surface area contributed by atoms with E-state index < -0.39 is 5.54 Å². The highest BCUT2D eigenvalue weighted by atomic mass is 16.5. The van der Waals surface area contributed by atoms with Crippen LogP contribution in [0.15, 0.2) is 30.3 Å². The number of carbonyl (C=O) groups is 2. The van der Waals surface area contributed by atoms with Gasteiger partial charge in [-0.05, 0) is 39.2 Å². The number of piperidine rings is 1. The van der Waals surface area contributed by atoms with Gasteiger partial charge in [0, 0.05) is 13.1 Å². The number of hydrogen-bond acceptors (Lipinski definition) is 3. The van der Waals surface area contributed by atoms with Crippen molar-refractivity contribution in [2.75, 3.05) is 19.7 Å². The maximum atomic E-state index is 12.5. The van der Waals surface area contributed by atoms with Crippen LogP contribution in [0.1, 0.15) is 39.2 Å². The number of esters is 1. The lowest BCUT2D eigenvalue weighted by molar-refractivity contribution is -0.149. The number of urea groups is 1. The summed E-state index contributed by atoms with van der Waals surface area (Å²) >= 11 is 0. The van der Waals surface area contributed by atoms with E-state index in [1.165, 1.54) is 0 Å². The van der Waals surface area contributed by atoms with Gasteiger partial charge in [-0.3, -0.25) is 4.79 Å². The molecule has 1 N–H and O–H groups in total. The van der Waals surface area contributed by atoms with Gasteiger partial charge in [-0.25, -0.2) is 4.79 Å². The van der Waals surface area contributed by atoms with Crippen LogP contribution in [0.25, 0.3) is 0 Å². The zero-order valence-electron chi connectivity index (χ0n) is 14.2. The average molecular weight is 318 g/mol. The third-order valence-corrected chi connectivity index (χ3v) is 4.32. The Hall–Kier alpha value is -2.04. The summed E-state index contributed by atoms with van der Waals surface area (Å²) < 4.78 is 5.06. The zero-order chi connectivity index (χ0) is 16.9. The highest BCUT2D eigenvalue weighted by Crippen LogP contribution is 2.22. The van der Waals surface area contributed by atoms with Crippen molar-refractivity contribution in [3.8, 4) is 0 Å². The minimum Gasteiger partial charge on any atom is -0.466 e. The first kappa shape index (κ1) is 17.3. The maximum absolute atomic E-state index is 12.5. The van der Waals surface area contributed by atoms with Gasteiger partial charge in [-0.1, -0.05) is 30.3 Å². The molecule has 0 unspecified atom stereocenters. The molecule has 0 atom stereocenters. The molecule has 0 aromatic heterocycles. The Bertz CT molecular complexity index is 534. The Morgan fingerprint density at radius 2 is 1.83 bits per heavy atom. The van der Waals surface area contributed by atoms with Crippen molar-refractivity contribution < 1.29 is 14.3 Å². The first-order chi connectivity index (χ1) is 10.9. The van der Waals surface area contributed by atoms with E-state index in [-0.39, 0.29) is 17.9 Å². The summed E-state index contributed by atoms with van der Waals surface area (Å²) in [6, 6.07) is 9.82. The summed E-state index contributed by atoms with van der Waals surface area (Å²) in [5.41, 5.74) is 0.630. The molecule has 0 aliphatic carbocycles. The van der Waals surface area contributed by atoms with Crippen molar-refractivity contribution in [1.82, 2.24) is 10.2 Å². The SMILES string of the molecule is CCOC(=O)C1CCN(C(=O)NC(C)(C)c2ccccc2)CC1. The van der Waals surface area contributed by atoms with E-state index in [4.69, 9.17) is 4.74 Å². The number of nitrogens with zero attached hydrogens (tertiary/aromatic N) is 1. The molecule has 0 radical (unpaired) electrons. The van der Waals surface area contributed by atoms with Gasteiger partial charge in [-0.2, -0.15) is 0 Å². The van der Waals surface area contributed by atoms with Gasteiger partial charge in [0.25, 0.3) is 0 Å². The van der Waals surface area contributed by atoms with Gasteiger partial charge in [0.05, 0.1) is 18.1 Å². The Morgan fingerprint density at radius 1 is 1.22 bits per heavy atom. The molecule has 0 saturated carbocycles. The molecule has 5 nitrogen and oxygen atoms in total. The van der Waals surface area contributed by atoms with E-state index in [9.17, 15) is 9.59 Å². The standard InChI is InChI=1S/C18H26N2O3/c1-4-23-16(21)14-10-12-20(13-11-14)17(22)19-18(2,3)15-8-6-5-7-9-15/h5-9,14H,4,10-13H2,1-3H3,(H,19,22). The van der Waals surface area contributed by atoms with E-state index in [2.05, 4.69) is 5.32 Å². The summed E-state index contributed by atoms with van der Waals surface area (Å²) in [5, 5.41) is 3.08.